The number of benzene rings is 2. The smallest absolute Gasteiger partial charge is 0.336 e. The van der Waals surface area contributed by atoms with Gasteiger partial charge in [-0.1, -0.05) is 16.8 Å². The van der Waals surface area contributed by atoms with Crippen molar-refractivity contribution < 1.29 is 18.4 Å². The Labute approximate surface area is 164 Å². The largest absolute Gasteiger partial charge is 0.497 e. The average Bonchev–Trinajstić information content (AvgIpc) is 3.16. The van der Waals surface area contributed by atoms with Gasteiger partial charge in [0.15, 0.2) is 6.61 Å². The Morgan fingerprint density at radius 3 is 2.68 bits per heavy atom. The number of hydrogen-bond acceptors (Lipinski definition) is 7. The van der Waals surface area contributed by atoms with Crippen LogP contribution in [0.15, 0.2) is 56.2 Å². The fourth-order valence-corrected chi connectivity index (χ4v) is 2.95. The van der Waals surface area contributed by atoms with E-state index in [1.165, 1.54) is 6.07 Å². The van der Waals surface area contributed by atoms with Gasteiger partial charge in [0.25, 0.3) is 5.89 Å². The van der Waals surface area contributed by atoms with E-state index < -0.39 is 5.63 Å². The van der Waals surface area contributed by atoms with Crippen LogP contribution >= 0.6 is 11.6 Å². The molecule has 0 unspecified atom stereocenters. The van der Waals surface area contributed by atoms with Gasteiger partial charge < -0.3 is 18.4 Å². The molecule has 4 rings (SSSR count). The van der Waals surface area contributed by atoms with Crippen LogP contribution in [0.2, 0.25) is 5.02 Å². The lowest BCUT2D eigenvalue weighted by Gasteiger charge is -2.08. The monoisotopic (exact) mass is 398 g/mol. The van der Waals surface area contributed by atoms with Crippen molar-refractivity contribution >= 4 is 22.6 Å². The van der Waals surface area contributed by atoms with Crippen LogP contribution in [-0.4, -0.2) is 17.3 Å². The molecule has 4 aromatic rings. The van der Waals surface area contributed by atoms with Crippen LogP contribution in [0, 0.1) is 6.92 Å². The normalized spacial score (nSPS) is 11.0. The summed E-state index contributed by atoms with van der Waals surface area (Å²) in [6.07, 6.45) is 0. The van der Waals surface area contributed by atoms with E-state index in [2.05, 4.69) is 10.1 Å². The maximum atomic E-state index is 11.6. The minimum absolute atomic E-state index is 0.0426. The highest BCUT2D eigenvalue weighted by atomic mass is 35.5. The van der Waals surface area contributed by atoms with Crippen molar-refractivity contribution in [2.24, 2.45) is 0 Å². The van der Waals surface area contributed by atoms with Gasteiger partial charge in [-0.15, -0.1) is 0 Å². The van der Waals surface area contributed by atoms with Gasteiger partial charge in [-0.3, -0.25) is 0 Å². The number of rotatable bonds is 5. The second kappa shape index (κ2) is 7.36. The van der Waals surface area contributed by atoms with Crippen molar-refractivity contribution in [2.45, 2.75) is 13.5 Å². The zero-order valence-electron chi connectivity index (χ0n) is 15.1. The molecule has 2 aromatic heterocycles. The van der Waals surface area contributed by atoms with Gasteiger partial charge in [0.1, 0.15) is 17.1 Å². The molecule has 0 fully saturated rings. The molecule has 2 heterocycles. The molecule has 0 radical (unpaired) electrons. The van der Waals surface area contributed by atoms with Crippen LogP contribution in [0.5, 0.6) is 11.5 Å². The first-order valence-corrected chi connectivity index (χ1v) is 8.75. The predicted molar refractivity (Wildman–Crippen MR) is 103 cm³/mol. The highest BCUT2D eigenvalue weighted by Crippen LogP contribution is 2.31. The fourth-order valence-electron chi connectivity index (χ4n) is 2.74. The van der Waals surface area contributed by atoms with Crippen molar-refractivity contribution in [3.63, 3.8) is 0 Å². The molecule has 142 valence electrons. The molecular weight excluding hydrogens is 384 g/mol. The molecule has 28 heavy (non-hydrogen) atoms. The molecule has 0 aliphatic rings. The molecule has 0 bridgehead atoms. The first-order valence-electron chi connectivity index (χ1n) is 8.37. The first kappa shape index (κ1) is 18.1. The van der Waals surface area contributed by atoms with Gasteiger partial charge in [-0.25, -0.2) is 4.79 Å². The first-order chi connectivity index (χ1) is 13.5. The van der Waals surface area contributed by atoms with Crippen molar-refractivity contribution in [1.82, 2.24) is 10.1 Å². The number of aromatic nitrogens is 2. The standard InChI is InChI=1S/C20H15ClN2O5/c1-11-7-19(24)27-16-9-17(15(21)8-14(11)16)26-10-18-22-20(28-23-18)12-3-5-13(25-2)6-4-12/h3-9H,10H2,1-2H3. The highest BCUT2D eigenvalue weighted by molar-refractivity contribution is 6.32. The van der Waals surface area contributed by atoms with Crippen molar-refractivity contribution in [3.05, 3.63) is 69.3 Å². The molecule has 0 aliphatic carbocycles. The second-order valence-electron chi connectivity index (χ2n) is 6.06. The zero-order valence-corrected chi connectivity index (χ0v) is 15.8. The number of fused-ring (bicyclic) bond motifs is 1. The van der Waals surface area contributed by atoms with Gasteiger partial charge >= 0.3 is 5.63 Å². The molecule has 0 saturated carbocycles. The topological polar surface area (TPSA) is 87.6 Å². The Bertz CT molecular complexity index is 1200. The van der Waals surface area contributed by atoms with E-state index in [1.54, 1.807) is 31.4 Å². The van der Waals surface area contributed by atoms with Gasteiger partial charge in [-0.05, 0) is 42.8 Å². The lowest BCUT2D eigenvalue weighted by atomic mass is 10.1. The summed E-state index contributed by atoms with van der Waals surface area (Å²) in [5.74, 6) is 1.82. The lowest BCUT2D eigenvalue weighted by Crippen LogP contribution is -2.00. The molecule has 0 aliphatic heterocycles. The van der Waals surface area contributed by atoms with E-state index in [1.807, 2.05) is 19.1 Å². The third-order valence-electron chi connectivity index (χ3n) is 4.17. The zero-order chi connectivity index (χ0) is 19.7. The Morgan fingerprint density at radius 1 is 1.14 bits per heavy atom. The van der Waals surface area contributed by atoms with E-state index >= 15 is 0 Å². The summed E-state index contributed by atoms with van der Waals surface area (Å²) in [6, 6.07) is 11.9. The molecule has 7 nitrogen and oxygen atoms in total. The molecule has 0 amide bonds. The van der Waals surface area contributed by atoms with E-state index in [4.69, 9.17) is 30.0 Å². The Balaban J connectivity index is 1.54. The minimum Gasteiger partial charge on any atom is -0.497 e. The van der Waals surface area contributed by atoms with E-state index in [9.17, 15) is 4.79 Å². The van der Waals surface area contributed by atoms with Crippen molar-refractivity contribution in [3.8, 4) is 23.0 Å². The lowest BCUT2D eigenvalue weighted by molar-refractivity contribution is 0.287. The van der Waals surface area contributed by atoms with Gasteiger partial charge in [-0.2, -0.15) is 4.98 Å². The summed E-state index contributed by atoms with van der Waals surface area (Å²) in [6.45, 7) is 1.86. The molecule has 0 saturated heterocycles. The third kappa shape index (κ3) is 3.57. The van der Waals surface area contributed by atoms with Crippen LogP contribution in [0.3, 0.4) is 0 Å². The Kier molecular flexibility index (Phi) is 4.75. The summed E-state index contributed by atoms with van der Waals surface area (Å²) in [5, 5.41) is 5.05. The molecule has 0 N–H and O–H groups in total. The molecule has 0 atom stereocenters. The summed E-state index contributed by atoms with van der Waals surface area (Å²) in [4.78, 5) is 15.9. The maximum absolute atomic E-state index is 11.6. The molecule has 2 aromatic carbocycles. The maximum Gasteiger partial charge on any atom is 0.336 e. The SMILES string of the molecule is COc1ccc(-c2nc(COc3cc4oc(=O)cc(C)c4cc3Cl)no2)cc1. The minimum atomic E-state index is -0.430. The van der Waals surface area contributed by atoms with Crippen LogP contribution in [0.25, 0.3) is 22.4 Å². The molecular formula is C20H15ClN2O5. The number of nitrogens with zero attached hydrogens (tertiary/aromatic N) is 2. The van der Waals surface area contributed by atoms with Crippen LogP contribution in [-0.2, 0) is 6.61 Å². The van der Waals surface area contributed by atoms with Crippen LogP contribution in [0.4, 0.5) is 0 Å². The molecule has 0 spiro atoms. The summed E-state index contributed by atoms with van der Waals surface area (Å²) in [5.41, 5.74) is 1.51. The van der Waals surface area contributed by atoms with Crippen molar-refractivity contribution in [2.75, 3.05) is 7.11 Å². The van der Waals surface area contributed by atoms with Gasteiger partial charge in [0, 0.05) is 23.1 Å². The number of methoxy groups -OCH3 is 1. The Hall–Kier alpha value is -3.32. The predicted octanol–water partition coefficient (Wildman–Crippen LogP) is 4.39. The summed E-state index contributed by atoms with van der Waals surface area (Å²) < 4.78 is 21.3. The average molecular weight is 399 g/mol. The van der Waals surface area contributed by atoms with Gasteiger partial charge in [0.2, 0.25) is 5.82 Å². The quantitative estimate of drug-likeness (QED) is 0.460. The summed E-state index contributed by atoms with van der Waals surface area (Å²) >= 11 is 6.29. The highest BCUT2D eigenvalue weighted by Gasteiger charge is 2.13. The number of hydrogen-bond donors (Lipinski definition) is 0. The number of ether oxygens (including phenoxy) is 2. The summed E-state index contributed by atoms with van der Waals surface area (Å²) in [7, 11) is 1.60. The van der Waals surface area contributed by atoms with E-state index in [-0.39, 0.29) is 6.61 Å². The fraction of sp³-hybridized carbons (Fsp3) is 0.150. The van der Waals surface area contributed by atoms with Gasteiger partial charge in [0.05, 0.1) is 12.1 Å². The van der Waals surface area contributed by atoms with Crippen molar-refractivity contribution in [1.29, 1.82) is 0 Å². The van der Waals surface area contributed by atoms with Crippen LogP contribution < -0.4 is 15.1 Å². The van der Waals surface area contributed by atoms with Crippen LogP contribution in [0.1, 0.15) is 11.4 Å². The molecule has 8 heteroatoms. The number of halogens is 1. The number of aryl methyl sites for hydroxylation is 1. The van der Waals surface area contributed by atoms with E-state index in [0.717, 1.165) is 22.3 Å². The van der Waals surface area contributed by atoms with E-state index in [0.29, 0.717) is 28.1 Å². The Morgan fingerprint density at radius 2 is 1.93 bits per heavy atom. The second-order valence-corrected chi connectivity index (χ2v) is 6.47. The third-order valence-corrected chi connectivity index (χ3v) is 4.46.